The van der Waals surface area contributed by atoms with Crippen molar-refractivity contribution >= 4 is 0 Å². The van der Waals surface area contributed by atoms with Crippen LogP contribution in [0.4, 0.5) is 22.0 Å². The van der Waals surface area contributed by atoms with Crippen LogP contribution in [0.25, 0.3) is 11.1 Å². The van der Waals surface area contributed by atoms with Gasteiger partial charge in [0.1, 0.15) is 0 Å². The predicted octanol–water partition coefficient (Wildman–Crippen LogP) is 9.62. The second kappa shape index (κ2) is 10.6. The SMILES string of the molecule is C=C(CC)/C(F)=C1/Oc2c(cc(-c3ccc(C4CCC(CCC)CC4)c(F)c3F)c(F)c2F)CC1=C. The Morgan fingerprint density at radius 3 is 2.25 bits per heavy atom. The van der Waals surface area contributed by atoms with Crippen LogP contribution in [0.1, 0.15) is 75.8 Å². The number of halogens is 5. The summed E-state index contributed by atoms with van der Waals surface area (Å²) in [4.78, 5) is 0. The molecule has 0 unspecified atom stereocenters. The van der Waals surface area contributed by atoms with Crippen molar-refractivity contribution < 1.29 is 26.7 Å². The molecule has 1 nitrogen and oxygen atoms in total. The molecular weight excluding hydrogens is 471 g/mol. The zero-order valence-corrected chi connectivity index (χ0v) is 20.8. The Bertz CT molecular complexity index is 1230. The van der Waals surface area contributed by atoms with Gasteiger partial charge in [-0.3, -0.25) is 0 Å². The standard InChI is InChI=1S/C30H31F5O/c1-5-7-18-8-10-19(11-9-18)21-12-13-22(26(33)25(21)32)23-15-20-14-17(4)29(24(31)16(3)6-2)36-30(20)28(35)27(23)34/h12-13,15,18-19H,3-11,14H2,1-2H3/b29-24-. The van der Waals surface area contributed by atoms with Gasteiger partial charge >= 0.3 is 0 Å². The molecular formula is C30H31F5O. The fraction of sp³-hybridized carbons (Fsp3) is 0.400. The molecule has 0 aromatic heterocycles. The Kier molecular flexibility index (Phi) is 7.72. The van der Waals surface area contributed by atoms with E-state index >= 15 is 17.6 Å². The van der Waals surface area contributed by atoms with Crippen molar-refractivity contribution in [2.45, 2.75) is 71.1 Å². The van der Waals surface area contributed by atoms with Crippen molar-refractivity contribution in [2.75, 3.05) is 0 Å². The summed E-state index contributed by atoms with van der Waals surface area (Å²) in [7, 11) is 0. The molecule has 0 bridgehead atoms. The molecule has 36 heavy (non-hydrogen) atoms. The molecule has 192 valence electrons. The first-order valence-corrected chi connectivity index (χ1v) is 12.6. The molecule has 2 aliphatic rings. The zero-order chi connectivity index (χ0) is 26.1. The van der Waals surface area contributed by atoms with E-state index in [-0.39, 0.29) is 45.9 Å². The number of benzene rings is 2. The maximum atomic E-state index is 15.2. The molecule has 1 heterocycles. The van der Waals surface area contributed by atoms with E-state index in [0.717, 1.165) is 38.5 Å². The van der Waals surface area contributed by atoms with Crippen molar-refractivity contribution in [2.24, 2.45) is 5.92 Å². The Morgan fingerprint density at radius 1 is 0.944 bits per heavy atom. The number of allylic oxidation sites excluding steroid dienone is 3. The number of ether oxygens (including phenoxy) is 1. The number of rotatable bonds is 6. The lowest BCUT2D eigenvalue weighted by molar-refractivity contribution is 0.303. The third-order valence-corrected chi connectivity index (χ3v) is 7.49. The predicted molar refractivity (Wildman–Crippen MR) is 132 cm³/mol. The van der Waals surface area contributed by atoms with Gasteiger partial charge in [-0.15, -0.1) is 0 Å². The summed E-state index contributed by atoms with van der Waals surface area (Å²) in [5.74, 6) is -6.03. The highest BCUT2D eigenvalue weighted by Gasteiger charge is 2.31. The van der Waals surface area contributed by atoms with Crippen molar-refractivity contribution in [3.63, 3.8) is 0 Å². The van der Waals surface area contributed by atoms with Gasteiger partial charge in [-0.2, -0.15) is 4.39 Å². The molecule has 0 atom stereocenters. The van der Waals surface area contributed by atoms with Crippen LogP contribution in [-0.2, 0) is 6.42 Å². The second-order valence-electron chi connectivity index (χ2n) is 9.86. The van der Waals surface area contributed by atoms with E-state index < -0.39 is 40.4 Å². The minimum absolute atomic E-state index is 0.0392. The summed E-state index contributed by atoms with van der Waals surface area (Å²) in [6, 6.07) is 4.01. The van der Waals surface area contributed by atoms with E-state index in [4.69, 9.17) is 4.74 Å². The Hall–Kier alpha value is -2.89. The van der Waals surface area contributed by atoms with Gasteiger partial charge < -0.3 is 4.74 Å². The second-order valence-corrected chi connectivity index (χ2v) is 9.86. The van der Waals surface area contributed by atoms with E-state index in [2.05, 4.69) is 20.1 Å². The molecule has 0 spiro atoms. The summed E-state index contributed by atoms with van der Waals surface area (Å²) in [5.41, 5.74) is 0.0282. The van der Waals surface area contributed by atoms with Gasteiger partial charge in [-0.05, 0) is 66.7 Å². The van der Waals surface area contributed by atoms with E-state index in [1.54, 1.807) is 6.92 Å². The fourth-order valence-electron chi connectivity index (χ4n) is 5.36. The van der Waals surface area contributed by atoms with E-state index in [0.29, 0.717) is 12.3 Å². The number of hydrogen-bond donors (Lipinski definition) is 0. The largest absolute Gasteiger partial charge is 0.450 e. The van der Waals surface area contributed by atoms with Crippen molar-refractivity contribution in [3.8, 4) is 16.9 Å². The van der Waals surface area contributed by atoms with Gasteiger partial charge in [-0.1, -0.05) is 52.0 Å². The van der Waals surface area contributed by atoms with E-state index in [1.165, 1.54) is 18.2 Å². The van der Waals surface area contributed by atoms with Gasteiger partial charge in [0.25, 0.3) is 0 Å². The smallest absolute Gasteiger partial charge is 0.202 e. The van der Waals surface area contributed by atoms with Crippen LogP contribution in [0.2, 0.25) is 0 Å². The average Bonchev–Trinajstić information content (AvgIpc) is 2.87. The van der Waals surface area contributed by atoms with Crippen LogP contribution in [0.3, 0.4) is 0 Å². The maximum Gasteiger partial charge on any atom is 0.202 e. The summed E-state index contributed by atoms with van der Waals surface area (Å²) in [6.45, 7) is 11.2. The van der Waals surface area contributed by atoms with Gasteiger partial charge in [0.15, 0.2) is 34.8 Å². The monoisotopic (exact) mass is 502 g/mol. The van der Waals surface area contributed by atoms with Gasteiger partial charge in [0.05, 0.1) is 0 Å². The normalized spacial score (nSPS) is 21.1. The Balaban J connectivity index is 1.68. The summed E-state index contributed by atoms with van der Waals surface area (Å²) in [5, 5.41) is 0. The molecule has 1 aliphatic carbocycles. The lowest BCUT2D eigenvalue weighted by atomic mass is 9.77. The summed E-state index contributed by atoms with van der Waals surface area (Å²) >= 11 is 0. The Labute approximate surface area is 209 Å². The highest BCUT2D eigenvalue weighted by atomic mass is 19.2. The van der Waals surface area contributed by atoms with Crippen LogP contribution in [-0.4, -0.2) is 0 Å². The number of hydrogen-bond acceptors (Lipinski definition) is 1. The molecule has 0 radical (unpaired) electrons. The average molecular weight is 503 g/mol. The van der Waals surface area contributed by atoms with Crippen molar-refractivity contribution in [1.82, 2.24) is 0 Å². The van der Waals surface area contributed by atoms with Crippen LogP contribution < -0.4 is 4.74 Å². The lowest BCUT2D eigenvalue weighted by Crippen LogP contribution is -2.15. The third kappa shape index (κ3) is 4.74. The Morgan fingerprint density at radius 2 is 1.61 bits per heavy atom. The molecule has 1 aliphatic heterocycles. The first-order chi connectivity index (χ1) is 17.2. The molecule has 4 rings (SSSR count). The molecule has 1 saturated carbocycles. The first-order valence-electron chi connectivity index (χ1n) is 12.6. The topological polar surface area (TPSA) is 9.23 Å². The fourth-order valence-corrected chi connectivity index (χ4v) is 5.36. The van der Waals surface area contributed by atoms with Crippen LogP contribution in [0.15, 0.2) is 54.1 Å². The van der Waals surface area contributed by atoms with Gasteiger partial charge in [-0.25, -0.2) is 17.6 Å². The molecule has 2 aromatic carbocycles. The first kappa shape index (κ1) is 26.2. The van der Waals surface area contributed by atoms with Crippen molar-refractivity contribution in [1.29, 1.82) is 0 Å². The van der Waals surface area contributed by atoms with Crippen LogP contribution >= 0.6 is 0 Å². The minimum atomic E-state index is -1.39. The molecule has 1 fully saturated rings. The zero-order valence-electron chi connectivity index (χ0n) is 20.8. The minimum Gasteiger partial charge on any atom is -0.450 e. The van der Waals surface area contributed by atoms with E-state index in [1.807, 2.05) is 0 Å². The number of fused-ring (bicyclic) bond motifs is 1. The van der Waals surface area contributed by atoms with Gasteiger partial charge in [0, 0.05) is 23.1 Å². The molecule has 2 aromatic rings. The molecule has 0 N–H and O–H groups in total. The summed E-state index contributed by atoms with van der Waals surface area (Å²) < 4.78 is 80.6. The molecule has 0 saturated heterocycles. The van der Waals surface area contributed by atoms with Crippen molar-refractivity contribution in [3.05, 3.63) is 88.5 Å². The molecule has 0 amide bonds. The van der Waals surface area contributed by atoms with Crippen LogP contribution in [0, 0.1) is 29.2 Å². The third-order valence-electron chi connectivity index (χ3n) is 7.49. The van der Waals surface area contributed by atoms with Gasteiger partial charge in [0.2, 0.25) is 5.82 Å². The lowest BCUT2D eigenvalue weighted by Gasteiger charge is -2.29. The highest BCUT2D eigenvalue weighted by molar-refractivity contribution is 5.69. The van der Waals surface area contributed by atoms with E-state index in [9.17, 15) is 4.39 Å². The summed E-state index contributed by atoms with van der Waals surface area (Å²) in [6.07, 6.45) is 6.00. The highest BCUT2D eigenvalue weighted by Crippen LogP contribution is 2.44. The maximum absolute atomic E-state index is 15.2. The quantitative estimate of drug-likeness (QED) is 0.357. The van der Waals surface area contributed by atoms with Crippen LogP contribution in [0.5, 0.6) is 5.75 Å². The molecule has 6 heteroatoms.